The van der Waals surface area contributed by atoms with Crippen LogP contribution in [0.25, 0.3) is 11.0 Å². The number of hydrogen-bond acceptors (Lipinski definition) is 6. The van der Waals surface area contributed by atoms with Gasteiger partial charge in [-0.1, -0.05) is 6.92 Å². The number of aliphatic hydroxyl groups is 1. The number of rotatable bonds is 6. The third-order valence-corrected chi connectivity index (χ3v) is 3.88. The average molecular weight is 281 g/mol. The van der Waals surface area contributed by atoms with Crippen molar-refractivity contribution in [3.05, 3.63) is 12.0 Å². The molecule has 2 aromatic heterocycles. The van der Waals surface area contributed by atoms with Gasteiger partial charge in [0.25, 0.3) is 0 Å². The van der Waals surface area contributed by atoms with Crippen LogP contribution in [-0.4, -0.2) is 43.3 Å². The quantitative estimate of drug-likeness (QED) is 0.834. The van der Waals surface area contributed by atoms with E-state index in [-0.39, 0.29) is 11.9 Å². The van der Waals surface area contributed by atoms with Gasteiger partial charge in [0.15, 0.2) is 5.65 Å². The van der Waals surface area contributed by atoms with Gasteiger partial charge in [0.1, 0.15) is 11.6 Å². The van der Waals surface area contributed by atoms with Crippen molar-refractivity contribution in [2.45, 2.75) is 24.9 Å². The standard InChI is InChI=1S/C12H19N5OS/c1-4-13-11-9-5-14-17(3)12(9)16-10(15-11)7-19-8(2)6-18/h5,8,18H,4,6-7H2,1-3H3,(H,13,15,16). The van der Waals surface area contributed by atoms with Crippen molar-refractivity contribution in [2.75, 3.05) is 18.5 Å². The summed E-state index contributed by atoms with van der Waals surface area (Å²) in [5.41, 5.74) is 0.832. The lowest BCUT2D eigenvalue weighted by atomic mass is 10.4. The van der Waals surface area contributed by atoms with Crippen molar-refractivity contribution >= 4 is 28.6 Å². The van der Waals surface area contributed by atoms with Crippen molar-refractivity contribution in [3.8, 4) is 0 Å². The highest BCUT2D eigenvalue weighted by molar-refractivity contribution is 7.99. The number of thioether (sulfide) groups is 1. The van der Waals surface area contributed by atoms with Crippen molar-refractivity contribution in [1.82, 2.24) is 19.7 Å². The van der Waals surface area contributed by atoms with E-state index < -0.39 is 0 Å². The fourth-order valence-electron chi connectivity index (χ4n) is 1.70. The fourth-order valence-corrected chi connectivity index (χ4v) is 2.37. The van der Waals surface area contributed by atoms with E-state index in [4.69, 9.17) is 5.11 Å². The van der Waals surface area contributed by atoms with E-state index in [1.54, 1.807) is 22.6 Å². The highest BCUT2D eigenvalue weighted by atomic mass is 32.2. The van der Waals surface area contributed by atoms with Crippen molar-refractivity contribution < 1.29 is 5.11 Å². The molecule has 0 aliphatic heterocycles. The zero-order chi connectivity index (χ0) is 13.8. The molecule has 0 saturated heterocycles. The minimum Gasteiger partial charge on any atom is -0.395 e. The molecule has 0 aromatic carbocycles. The van der Waals surface area contributed by atoms with Crippen LogP contribution < -0.4 is 5.32 Å². The van der Waals surface area contributed by atoms with Crippen molar-refractivity contribution in [3.63, 3.8) is 0 Å². The summed E-state index contributed by atoms with van der Waals surface area (Å²) < 4.78 is 1.75. The van der Waals surface area contributed by atoms with Crippen LogP contribution in [-0.2, 0) is 12.8 Å². The molecule has 0 amide bonds. The predicted molar refractivity (Wildman–Crippen MR) is 78.3 cm³/mol. The number of hydrogen-bond donors (Lipinski definition) is 2. The largest absolute Gasteiger partial charge is 0.395 e. The summed E-state index contributed by atoms with van der Waals surface area (Å²) in [6.45, 7) is 4.99. The van der Waals surface area contributed by atoms with Crippen molar-refractivity contribution in [2.24, 2.45) is 7.05 Å². The Balaban J connectivity index is 2.31. The van der Waals surface area contributed by atoms with Crippen LogP contribution in [0.2, 0.25) is 0 Å². The fraction of sp³-hybridized carbons (Fsp3) is 0.583. The maximum absolute atomic E-state index is 9.05. The highest BCUT2D eigenvalue weighted by Crippen LogP contribution is 2.22. The first-order chi connectivity index (χ1) is 9.15. The number of aromatic nitrogens is 4. The topological polar surface area (TPSA) is 75.9 Å². The summed E-state index contributed by atoms with van der Waals surface area (Å²) in [6, 6.07) is 0. The zero-order valence-electron chi connectivity index (χ0n) is 11.4. The summed E-state index contributed by atoms with van der Waals surface area (Å²) in [5, 5.41) is 17.6. The van der Waals surface area contributed by atoms with Crippen LogP contribution in [0.4, 0.5) is 5.82 Å². The first kappa shape index (κ1) is 14.1. The molecular weight excluding hydrogens is 262 g/mol. The third kappa shape index (κ3) is 3.16. The third-order valence-electron chi connectivity index (χ3n) is 2.74. The van der Waals surface area contributed by atoms with E-state index >= 15 is 0 Å². The number of nitrogens with zero attached hydrogens (tertiary/aromatic N) is 4. The number of nitrogens with one attached hydrogen (secondary N) is 1. The maximum Gasteiger partial charge on any atom is 0.163 e. The Hall–Kier alpha value is -1.34. The molecule has 6 nitrogen and oxygen atoms in total. The Labute approximate surface area is 116 Å². The molecule has 2 aromatic rings. The van der Waals surface area contributed by atoms with Gasteiger partial charge in [-0.2, -0.15) is 5.10 Å². The molecule has 0 aliphatic rings. The predicted octanol–water partition coefficient (Wildman–Crippen LogP) is 1.41. The van der Waals surface area contributed by atoms with Gasteiger partial charge in [0, 0.05) is 18.8 Å². The molecule has 2 heterocycles. The molecule has 0 aliphatic carbocycles. The molecule has 2 N–H and O–H groups in total. The number of aryl methyl sites for hydroxylation is 1. The molecule has 0 bridgehead atoms. The molecule has 1 unspecified atom stereocenters. The van der Waals surface area contributed by atoms with E-state index in [0.29, 0.717) is 5.75 Å². The first-order valence-corrected chi connectivity index (χ1v) is 7.35. The Morgan fingerprint density at radius 1 is 1.47 bits per heavy atom. The highest BCUT2D eigenvalue weighted by Gasteiger charge is 2.12. The molecule has 0 saturated carbocycles. The summed E-state index contributed by atoms with van der Waals surface area (Å²) in [4.78, 5) is 9.06. The van der Waals surface area contributed by atoms with Gasteiger partial charge in [-0.05, 0) is 6.92 Å². The summed E-state index contributed by atoms with van der Waals surface area (Å²) in [5.74, 6) is 2.27. The number of fused-ring (bicyclic) bond motifs is 1. The second-order valence-corrected chi connectivity index (χ2v) is 5.76. The number of anilines is 1. The maximum atomic E-state index is 9.05. The Morgan fingerprint density at radius 2 is 2.26 bits per heavy atom. The van der Waals surface area contributed by atoms with E-state index in [0.717, 1.165) is 29.2 Å². The van der Waals surface area contributed by atoms with E-state index in [1.165, 1.54) is 0 Å². The summed E-state index contributed by atoms with van der Waals surface area (Å²) in [7, 11) is 1.87. The molecule has 1 atom stereocenters. The van der Waals surface area contributed by atoms with Crippen LogP contribution in [0, 0.1) is 0 Å². The van der Waals surface area contributed by atoms with Crippen molar-refractivity contribution in [1.29, 1.82) is 0 Å². The van der Waals surface area contributed by atoms with E-state index in [9.17, 15) is 0 Å². The summed E-state index contributed by atoms with van der Waals surface area (Å²) in [6.07, 6.45) is 1.78. The van der Waals surface area contributed by atoms with Crippen LogP contribution in [0.15, 0.2) is 6.20 Å². The minimum atomic E-state index is 0.165. The van der Waals surface area contributed by atoms with Crippen LogP contribution >= 0.6 is 11.8 Å². The first-order valence-electron chi connectivity index (χ1n) is 6.30. The monoisotopic (exact) mass is 281 g/mol. The van der Waals surface area contributed by atoms with Crippen LogP contribution in [0.1, 0.15) is 19.7 Å². The van der Waals surface area contributed by atoms with Gasteiger partial charge in [0.2, 0.25) is 0 Å². The lowest BCUT2D eigenvalue weighted by Crippen LogP contribution is -2.07. The Kier molecular flexibility index (Phi) is 4.60. The summed E-state index contributed by atoms with van der Waals surface area (Å²) >= 11 is 1.64. The molecule has 104 valence electrons. The molecule has 0 fully saturated rings. The van der Waals surface area contributed by atoms with Gasteiger partial charge in [0.05, 0.1) is 23.9 Å². The Morgan fingerprint density at radius 3 is 2.95 bits per heavy atom. The molecular formula is C12H19N5OS. The molecule has 2 rings (SSSR count). The second-order valence-electron chi connectivity index (χ2n) is 4.33. The SMILES string of the molecule is CCNc1nc(CSC(C)CO)nc2c1cnn2C. The van der Waals surface area contributed by atoms with Gasteiger partial charge in [-0.3, -0.25) is 4.68 Å². The molecule has 0 radical (unpaired) electrons. The van der Waals surface area contributed by atoms with E-state index in [2.05, 4.69) is 20.4 Å². The van der Waals surface area contributed by atoms with Gasteiger partial charge in [-0.15, -0.1) is 11.8 Å². The lowest BCUT2D eigenvalue weighted by molar-refractivity contribution is 0.300. The molecule has 7 heteroatoms. The van der Waals surface area contributed by atoms with Crippen LogP contribution in [0.3, 0.4) is 0 Å². The van der Waals surface area contributed by atoms with Gasteiger partial charge in [-0.25, -0.2) is 9.97 Å². The number of aliphatic hydroxyl groups excluding tert-OH is 1. The second kappa shape index (κ2) is 6.21. The minimum absolute atomic E-state index is 0.165. The zero-order valence-corrected chi connectivity index (χ0v) is 12.2. The molecule has 19 heavy (non-hydrogen) atoms. The lowest BCUT2D eigenvalue weighted by Gasteiger charge is -2.09. The van der Waals surface area contributed by atoms with Crippen LogP contribution in [0.5, 0.6) is 0 Å². The Bertz CT molecular complexity index is 556. The van der Waals surface area contributed by atoms with E-state index in [1.807, 2.05) is 20.9 Å². The van der Waals surface area contributed by atoms with Gasteiger partial charge < -0.3 is 10.4 Å². The normalized spacial score (nSPS) is 12.8. The average Bonchev–Trinajstić information content (AvgIpc) is 2.78. The molecule has 0 spiro atoms. The van der Waals surface area contributed by atoms with Gasteiger partial charge >= 0.3 is 0 Å². The smallest absolute Gasteiger partial charge is 0.163 e.